The van der Waals surface area contributed by atoms with Gasteiger partial charge in [0, 0.05) is 24.4 Å². The summed E-state index contributed by atoms with van der Waals surface area (Å²) in [5.41, 5.74) is 1.43. The molecule has 0 bridgehead atoms. The highest BCUT2D eigenvalue weighted by Crippen LogP contribution is 2.16. The van der Waals surface area contributed by atoms with Crippen LogP contribution in [0.2, 0.25) is 0 Å². The Morgan fingerprint density at radius 2 is 1.83 bits per heavy atom. The molecule has 24 heavy (non-hydrogen) atoms. The number of aromatic nitrogens is 2. The Morgan fingerprint density at radius 3 is 2.54 bits per heavy atom. The van der Waals surface area contributed by atoms with Gasteiger partial charge in [0.1, 0.15) is 16.5 Å². The minimum atomic E-state index is -4.09. The molecule has 0 unspecified atom stereocenters. The van der Waals surface area contributed by atoms with Crippen molar-refractivity contribution in [1.29, 1.82) is 0 Å². The maximum Gasteiger partial charge on any atom is 0.243 e. The molecular weight excluding hydrogens is 336 g/mol. The van der Waals surface area contributed by atoms with Crippen molar-refractivity contribution in [1.82, 2.24) is 14.5 Å². The summed E-state index contributed by atoms with van der Waals surface area (Å²) in [6.45, 7) is -0.0635. The highest BCUT2D eigenvalue weighted by molar-refractivity contribution is 7.89. The van der Waals surface area contributed by atoms with Crippen molar-refractivity contribution in [2.45, 2.75) is 11.4 Å². The monoisotopic (exact) mass is 349 g/mol. The molecule has 0 amide bonds. The highest BCUT2D eigenvalue weighted by Gasteiger charge is 2.19. The Kier molecular flexibility index (Phi) is 4.41. The summed E-state index contributed by atoms with van der Waals surface area (Å²) in [4.78, 5) is -0.598. The molecule has 0 aliphatic rings. The van der Waals surface area contributed by atoms with E-state index < -0.39 is 26.6 Å². The van der Waals surface area contributed by atoms with E-state index in [4.69, 9.17) is 0 Å². The summed E-state index contributed by atoms with van der Waals surface area (Å²) in [6.07, 6.45) is 3.18. The van der Waals surface area contributed by atoms with E-state index >= 15 is 0 Å². The van der Waals surface area contributed by atoms with Crippen LogP contribution < -0.4 is 4.72 Å². The van der Waals surface area contributed by atoms with Gasteiger partial charge in [0.05, 0.1) is 11.9 Å². The van der Waals surface area contributed by atoms with Crippen LogP contribution in [0.1, 0.15) is 5.56 Å². The first-order chi connectivity index (χ1) is 11.5. The van der Waals surface area contributed by atoms with Crippen LogP contribution in [0.15, 0.2) is 65.8 Å². The van der Waals surface area contributed by atoms with E-state index in [9.17, 15) is 17.2 Å². The van der Waals surface area contributed by atoms with Crippen molar-refractivity contribution < 1.29 is 17.2 Å². The quantitative estimate of drug-likeness (QED) is 0.770. The number of nitrogens with zero attached hydrogens (tertiary/aromatic N) is 2. The standard InChI is InChI=1S/C16H13F2N3O2S/c17-13-6-7-16(15(18)8-13)24(22,23)20-10-12-9-19-21(11-12)14-4-2-1-3-5-14/h1-9,11,20H,10H2. The summed E-state index contributed by atoms with van der Waals surface area (Å²) in [5.74, 6) is -1.97. The van der Waals surface area contributed by atoms with Crippen molar-refractivity contribution in [2.75, 3.05) is 0 Å². The highest BCUT2D eigenvalue weighted by atomic mass is 32.2. The smallest absolute Gasteiger partial charge is 0.241 e. The third-order valence-corrected chi connectivity index (χ3v) is 4.74. The average molecular weight is 349 g/mol. The lowest BCUT2D eigenvalue weighted by Crippen LogP contribution is -2.24. The molecule has 3 rings (SSSR count). The number of halogens is 2. The Labute approximate surface area is 137 Å². The molecule has 0 fully saturated rings. The number of nitrogens with one attached hydrogen (secondary N) is 1. The molecule has 2 aromatic carbocycles. The van der Waals surface area contributed by atoms with Crippen molar-refractivity contribution in [3.63, 3.8) is 0 Å². The minimum Gasteiger partial charge on any atom is -0.241 e. The zero-order chi connectivity index (χ0) is 17.2. The summed E-state index contributed by atoms with van der Waals surface area (Å²) in [5, 5.41) is 4.15. The van der Waals surface area contributed by atoms with Gasteiger partial charge in [0.2, 0.25) is 10.0 Å². The third-order valence-electron chi connectivity index (χ3n) is 3.31. The average Bonchev–Trinajstić information content (AvgIpc) is 3.02. The number of hydrogen-bond donors (Lipinski definition) is 1. The molecule has 0 aliphatic carbocycles. The van der Waals surface area contributed by atoms with E-state index in [1.165, 1.54) is 6.20 Å². The molecule has 8 heteroatoms. The van der Waals surface area contributed by atoms with E-state index in [2.05, 4.69) is 9.82 Å². The molecule has 0 aliphatic heterocycles. The summed E-state index contributed by atoms with van der Waals surface area (Å²) >= 11 is 0. The van der Waals surface area contributed by atoms with Crippen molar-refractivity contribution in [3.8, 4) is 5.69 Å². The number of benzene rings is 2. The minimum absolute atomic E-state index is 0.0635. The van der Waals surface area contributed by atoms with Crippen molar-refractivity contribution in [3.05, 3.63) is 78.1 Å². The lowest BCUT2D eigenvalue weighted by molar-refractivity contribution is 0.543. The topological polar surface area (TPSA) is 64.0 Å². The molecule has 5 nitrogen and oxygen atoms in total. The van der Waals surface area contributed by atoms with E-state index in [-0.39, 0.29) is 6.54 Å². The maximum atomic E-state index is 13.6. The third kappa shape index (κ3) is 3.50. The van der Waals surface area contributed by atoms with Gasteiger partial charge in [-0.2, -0.15) is 5.10 Å². The van der Waals surface area contributed by atoms with Gasteiger partial charge in [0.15, 0.2) is 0 Å². The molecule has 1 N–H and O–H groups in total. The van der Waals surface area contributed by atoms with Crippen LogP contribution in [0.5, 0.6) is 0 Å². The molecule has 0 atom stereocenters. The fourth-order valence-electron chi connectivity index (χ4n) is 2.12. The fraction of sp³-hybridized carbons (Fsp3) is 0.0625. The van der Waals surface area contributed by atoms with Gasteiger partial charge in [-0.3, -0.25) is 0 Å². The van der Waals surface area contributed by atoms with E-state index in [0.29, 0.717) is 11.6 Å². The molecule has 124 valence electrons. The lowest BCUT2D eigenvalue weighted by atomic mass is 10.3. The largest absolute Gasteiger partial charge is 0.243 e. The Morgan fingerprint density at radius 1 is 1.08 bits per heavy atom. The first kappa shape index (κ1) is 16.3. The molecule has 1 heterocycles. The molecule has 0 spiro atoms. The summed E-state index contributed by atoms with van der Waals surface area (Å²) in [6, 6.07) is 11.6. The first-order valence-electron chi connectivity index (χ1n) is 6.99. The second-order valence-electron chi connectivity index (χ2n) is 5.03. The number of rotatable bonds is 5. The predicted octanol–water partition coefficient (Wildman–Crippen LogP) is 2.63. The Hall–Kier alpha value is -2.58. The summed E-state index contributed by atoms with van der Waals surface area (Å²) in [7, 11) is -4.09. The van der Waals surface area contributed by atoms with Gasteiger partial charge in [-0.25, -0.2) is 26.6 Å². The second kappa shape index (κ2) is 6.50. The van der Waals surface area contributed by atoms with Crippen LogP contribution >= 0.6 is 0 Å². The van der Waals surface area contributed by atoms with Gasteiger partial charge >= 0.3 is 0 Å². The number of para-hydroxylation sites is 1. The van der Waals surface area contributed by atoms with Crippen LogP contribution in [0.4, 0.5) is 8.78 Å². The van der Waals surface area contributed by atoms with E-state index in [1.807, 2.05) is 30.3 Å². The van der Waals surface area contributed by atoms with E-state index in [0.717, 1.165) is 17.8 Å². The van der Waals surface area contributed by atoms with Gasteiger partial charge < -0.3 is 0 Å². The fourth-order valence-corrected chi connectivity index (χ4v) is 3.20. The summed E-state index contributed by atoms with van der Waals surface area (Å²) < 4.78 is 54.6. The Bertz CT molecular complexity index is 956. The van der Waals surface area contributed by atoms with Crippen LogP contribution in [0, 0.1) is 11.6 Å². The van der Waals surface area contributed by atoms with Gasteiger partial charge in [-0.1, -0.05) is 18.2 Å². The molecule has 1 aromatic heterocycles. The zero-order valence-electron chi connectivity index (χ0n) is 12.4. The first-order valence-corrected chi connectivity index (χ1v) is 8.48. The molecule has 3 aromatic rings. The molecule has 0 saturated heterocycles. The van der Waals surface area contributed by atoms with Crippen molar-refractivity contribution >= 4 is 10.0 Å². The molecule has 0 radical (unpaired) electrons. The van der Waals surface area contributed by atoms with Crippen LogP contribution in [0.3, 0.4) is 0 Å². The Balaban J connectivity index is 1.75. The van der Waals surface area contributed by atoms with Crippen LogP contribution in [-0.4, -0.2) is 18.2 Å². The van der Waals surface area contributed by atoms with Gasteiger partial charge in [0.25, 0.3) is 0 Å². The molecule has 0 saturated carbocycles. The van der Waals surface area contributed by atoms with E-state index in [1.54, 1.807) is 10.9 Å². The second-order valence-corrected chi connectivity index (χ2v) is 6.76. The predicted molar refractivity (Wildman–Crippen MR) is 83.9 cm³/mol. The number of sulfonamides is 1. The molecular formula is C16H13F2N3O2S. The van der Waals surface area contributed by atoms with Crippen molar-refractivity contribution in [2.24, 2.45) is 0 Å². The van der Waals surface area contributed by atoms with Gasteiger partial charge in [-0.15, -0.1) is 0 Å². The van der Waals surface area contributed by atoms with Crippen LogP contribution in [-0.2, 0) is 16.6 Å². The normalized spacial score (nSPS) is 11.6. The SMILES string of the molecule is O=S(=O)(NCc1cnn(-c2ccccc2)c1)c1ccc(F)cc1F. The maximum absolute atomic E-state index is 13.6. The zero-order valence-corrected chi connectivity index (χ0v) is 13.2. The van der Waals surface area contributed by atoms with Gasteiger partial charge in [-0.05, 0) is 24.3 Å². The number of hydrogen-bond acceptors (Lipinski definition) is 3. The van der Waals surface area contributed by atoms with Crippen LogP contribution in [0.25, 0.3) is 5.69 Å². The lowest BCUT2D eigenvalue weighted by Gasteiger charge is -2.06.